The van der Waals surface area contributed by atoms with Gasteiger partial charge in [0.15, 0.2) is 0 Å². The van der Waals surface area contributed by atoms with Crippen molar-refractivity contribution >= 4 is 33.4 Å². The summed E-state index contributed by atoms with van der Waals surface area (Å²) in [6.45, 7) is 2.73. The van der Waals surface area contributed by atoms with E-state index in [2.05, 4.69) is 15.6 Å². The number of amides is 2. The molecule has 0 radical (unpaired) electrons. The first-order valence-corrected chi connectivity index (χ1v) is 14.6. The molecule has 5 rings (SSSR count). The average Bonchev–Trinajstić information content (AvgIpc) is 3.62. The van der Waals surface area contributed by atoms with Crippen LogP contribution in [0.2, 0.25) is 0 Å². The summed E-state index contributed by atoms with van der Waals surface area (Å²) in [5.74, 6) is -0.0600. The van der Waals surface area contributed by atoms with Gasteiger partial charge in [-0.05, 0) is 44.6 Å². The lowest BCUT2D eigenvalue weighted by Gasteiger charge is -2.35. The highest BCUT2D eigenvalue weighted by molar-refractivity contribution is 7.18. The van der Waals surface area contributed by atoms with E-state index in [9.17, 15) is 9.59 Å². The Morgan fingerprint density at radius 2 is 1.89 bits per heavy atom. The van der Waals surface area contributed by atoms with Crippen LogP contribution in [0, 0.1) is 5.92 Å². The number of benzene rings is 1. The van der Waals surface area contributed by atoms with Crippen LogP contribution >= 0.6 is 11.3 Å². The molecule has 3 atom stereocenters. The Hall–Kier alpha value is -2.88. The second-order valence-corrected chi connectivity index (χ2v) is 11.5. The Bertz CT molecular complexity index is 1240. The molecule has 1 saturated heterocycles. The van der Waals surface area contributed by atoms with Crippen molar-refractivity contribution < 1.29 is 14.7 Å². The second kappa shape index (κ2) is 12.3. The van der Waals surface area contributed by atoms with Gasteiger partial charge in [-0.15, -0.1) is 11.3 Å². The topological polar surface area (TPSA) is 107 Å². The number of aromatic nitrogens is 2. The van der Waals surface area contributed by atoms with Gasteiger partial charge in [-0.1, -0.05) is 49.6 Å². The number of nitrogens with zero attached hydrogens (tertiary/aromatic N) is 3. The summed E-state index contributed by atoms with van der Waals surface area (Å²) in [5.41, 5.74) is 2.76. The van der Waals surface area contributed by atoms with Crippen LogP contribution in [0.25, 0.3) is 21.5 Å². The molecule has 2 amide bonds. The predicted octanol–water partition coefficient (Wildman–Crippen LogP) is 4.06. The average molecular weight is 536 g/mol. The van der Waals surface area contributed by atoms with E-state index in [1.54, 1.807) is 18.3 Å². The van der Waals surface area contributed by atoms with Crippen molar-refractivity contribution in [1.82, 2.24) is 25.5 Å². The molecule has 202 valence electrons. The van der Waals surface area contributed by atoms with E-state index in [0.717, 1.165) is 65.0 Å². The van der Waals surface area contributed by atoms with Crippen LogP contribution in [0.4, 0.5) is 0 Å². The first-order valence-electron chi connectivity index (χ1n) is 13.8. The number of nitrogens with one attached hydrogen (secondary N) is 2. The Labute approximate surface area is 227 Å². The van der Waals surface area contributed by atoms with E-state index in [1.807, 2.05) is 47.5 Å². The zero-order valence-electron chi connectivity index (χ0n) is 21.9. The van der Waals surface area contributed by atoms with Crippen molar-refractivity contribution in [3.8, 4) is 11.3 Å². The summed E-state index contributed by atoms with van der Waals surface area (Å²) in [7, 11) is 0. The van der Waals surface area contributed by atoms with Crippen molar-refractivity contribution in [1.29, 1.82) is 0 Å². The quantitative estimate of drug-likeness (QED) is 0.382. The summed E-state index contributed by atoms with van der Waals surface area (Å²) >= 11 is 1.63. The summed E-state index contributed by atoms with van der Waals surface area (Å²) in [5, 5.41) is 16.2. The first kappa shape index (κ1) is 26.7. The molecule has 3 N–H and O–H groups in total. The van der Waals surface area contributed by atoms with Crippen molar-refractivity contribution in [2.24, 2.45) is 5.92 Å². The number of carbonyl (C=O) groups excluding carboxylic acids is 2. The van der Waals surface area contributed by atoms with Gasteiger partial charge in [0.05, 0.1) is 29.1 Å². The fourth-order valence-electron chi connectivity index (χ4n) is 5.79. The zero-order chi connectivity index (χ0) is 26.5. The van der Waals surface area contributed by atoms with Gasteiger partial charge in [0, 0.05) is 24.8 Å². The molecule has 8 nitrogen and oxygen atoms in total. The van der Waals surface area contributed by atoms with E-state index in [1.165, 1.54) is 6.42 Å². The fraction of sp³-hybridized carbons (Fsp3) is 0.517. The van der Waals surface area contributed by atoms with Gasteiger partial charge in [-0.25, -0.2) is 4.98 Å². The molecule has 9 heteroatoms. The molecule has 0 spiro atoms. The van der Waals surface area contributed by atoms with E-state index >= 15 is 0 Å². The van der Waals surface area contributed by atoms with E-state index in [4.69, 9.17) is 10.1 Å². The van der Waals surface area contributed by atoms with Crippen LogP contribution < -0.4 is 10.6 Å². The summed E-state index contributed by atoms with van der Waals surface area (Å²) in [6, 6.07) is 10.9. The lowest BCUT2D eigenvalue weighted by Crippen LogP contribution is -2.56. The highest BCUT2D eigenvalue weighted by Gasteiger charge is 2.40. The molecular weight excluding hydrogens is 498 g/mol. The van der Waals surface area contributed by atoms with Gasteiger partial charge in [0.25, 0.3) is 0 Å². The minimum atomic E-state index is -0.544. The van der Waals surface area contributed by atoms with Gasteiger partial charge in [0.1, 0.15) is 16.6 Å². The SMILES string of the molecule is C[C@H](NCCO)C(=O)N[C@@H](C(=O)N1CCC[C@H]1c1nc2c(-c3ccccc3)nccc2s1)C1CCCCC1. The molecule has 1 aliphatic heterocycles. The van der Waals surface area contributed by atoms with Crippen LogP contribution in [0.3, 0.4) is 0 Å². The Morgan fingerprint density at radius 3 is 2.66 bits per heavy atom. The third kappa shape index (κ3) is 5.75. The predicted molar refractivity (Wildman–Crippen MR) is 150 cm³/mol. The lowest BCUT2D eigenvalue weighted by molar-refractivity contribution is -0.139. The minimum Gasteiger partial charge on any atom is -0.395 e. The second-order valence-electron chi connectivity index (χ2n) is 10.4. The number of likely N-dealkylation sites (tertiary alicyclic amines) is 1. The van der Waals surface area contributed by atoms with Gasteiger partial charge in [0.2, 0.25) is 11.8 Å². The smallest absolute Gasteiger partial charge is 0.246 e. The van der Waals surface area contributed by atoms with Gasteiger partial charge in [-0.2, -0.15) is 0 Å². The van der Waals surface area contributed by atoms with Crippen LogP contribution in [0.15, 0.2) is 42.6 Å². The molecule has 3 aromatic rings. The number of fused-ring (bicyclic) bond motifs is 1. The van der Waals surface area contributed by atoms with E-state index in [0.29, 0.717) is 13.1 Å². The maximum Gasteiger partial charge on any atom is 0.246 e. The van der Waals surface area contributed by atoms with Crippen molar-refractivity contribution in [2.75, 3.05) is 19.7 Å². The third-order valence-corrected chi connectivity index (χ3v) is 8.95. The number of thiazole rings is 1. The van der Waals surface area contributed by atoms with Crippen molar-refractivity contribution in [3.05, 3.63) is 47.6 Å². The van der Waals surface area contributed by atoms with Crippen LogP contribution in [0.1, 0.15) is 62.9 Å². The van der Waals surface area contributed by atoms with Gasteiger partial charge >= 0.3 is 0 Å². The van der Waals surface area contributed by atoms with E-state index in [-0.39, 0.29) is 30.4 Å². The van der Waals surface area contributed by atoms with Crippen LogP contribution in [-0.2, 0) is 9.59 Å². The Morgan fingerprint density at radius 1 is 1.11 bits per heavy atom. The normalized spacial score (nSPS) is 19.9. The first-order chi connectivity index (χ1) is 18.6. The zero-order valence-corrected chi connectivity index (χ0v) is 22.8. The highest BCUT2D eigenvalue weighted by atomic mass is 32.1. The fourth-order valence-corrected chi connectivity index (χ4v) is 6.90. The number of hydrogen-bond donors (Lipinski definition) is 3. The van der Waals surface area contributed by atoms with E-state index < -0.39 is 12.1 Å². The standard InChI is InChI=1S/C29H37N5O3S/c1-19(30-16-18-35)27(36)32-25(21-11-6-3-7-12-21)29(37)34-17-8-13-22(34)28-33-26-23(38-28)14-15-31-24(26)20-9-4-2-5-10-20/h2,4-5,9-10,14-15,19,21-22,25,30,35H,3,6-8,11-13,16-18H2,1H3,(H,32,36)/t19-,22-,25+/m0/s1. The Kier molecular flexibility index (Phi) is 8.66. The number of carbonyl (C=O) groups is 2. The number of pyridine rings is 1. The Balaban J connectivity index is 1.40. The van der Waals surface area contributed by atoms with Gasteiger partial charge < -0.3 is 20.6 Å². The molecule has 0 bridgehead atoms. The van der Waals surface area contributed by atoms with Gasteiger partial charge in [-0.3, -0.25) is 14.6 Å². The molecule has 1 aromatic carbocycles. The molecule has 1 aliphatic carbocycles. The highest BCUT2D eigenvalue weighted by Crippen LogP contribution is 2.39. The molecule has 1 saturated carbocycles. The number of aliphatic hydroxyl groups is 1. The number of rotatable bonds is 9. The molecule has 38 heavy (non-hydrogen) atoms. The maximum atomic E-state index is 14.1. The summed E-state index contributed by atoms with van der Waals surface area (Å²) in [4.78, 5) is 38.8. The summed E-state index contributed by atoms with van der Waals surface area (Å²) in [6.07, 6.45) is 8.83. The number of aliphatic hydroxyl groups excluding tert-OH is 1. The van der Waals surface area contributed by atoms with Crippen LogP contribution in [0.5, 0.6) is 0 Å². The molecule has 3 heterocycles. The molecular formula is C29H37N5O3S. The van der Waals surface area contributed by atoms with Crippen molar-refractivity contribution in [3.63, 3.8) is 0 Å². The monoisotopic (exact) mass is 535 g/mol. The lowest BCUT2D eigenvalue weighted by atomic mass is 9.83. The molecule has 2 aromatic heterocycles. The van der Waals surface area contributed by atoms with Crippen molar-refractivity contribution in [2.45, 2.75) is 70.0 Å². The third-order valence-electron chi connectivity index (χ3n) is 7.83. The minimum absolute atomic E-state index is 0.00257. The maximum absolute atomic E-state index is 14.1. The van der Waals surface area contributed by atoms with Crippen LogP contribution in [-0.4, -0.2) is 63.6 Å². The molecule has 2 fully saturated rings. The molecule has 0 unspecified atom stereocenters. The number of hydrogen-bond acceptors (Lipinski definition) is 7. The molecule has 2 aliphatic rings. The largest absolute Gasteiger partial charge is 0.395 e. The summed E-state index contributed by atoms with van der Waals surface area (Å²) < 4.78 is 1.06.